The first kappa shape index (κ1) is 27.0. The lowest BCUT2D eigenvalue weighted by molar-refractivity contribution is -0.132. The number of nitrogens with one attached hydrogen (secondary N) is 1. The van der Waals surface area contributed by atoms with E-state index in [1.807, 2.05) is 23.2 Å². The Balaban J connectivity index is 1.11. The van der Waals surface area contributed by atoms with Crippen molar-refractivity contribution in [1.82, 2.24) is 19.8 Å². The van der Waals surface area contributed by atoms with Crippen molar-refractivity contribution in [2.75, 3.05) is 62.0 Å². The second-order valence-electron chi connectivity index (χ2n) is 12.3. The Labute approximate surface area is 248 Å². The Morgan fingerprint density at radius 3 is 2.43 bits per heavy atom. The van der Waals surface area contributed by atoms with Crippen molar-refractivity contribution >= 4 is 29.0 Å². The van der Waals surface area contributed by atoms with Crippen LogP contribution in [0.15, 0.2) is 54.7 Å². The van der Waals surface area contributed by atoms with Gasteiger partial charge in [-0.05, 0) is 68.3 Å². The third kappa shape index (κ3) is 4.93. The normalized spacial score (nSPS) is 22.8. The first-order chi connectivity index (χ1) is 20.5. The maximum atomic E-state index is 14.2. The molecule has 1 aromatic heterocycles. The summed E-state index contributed by atoms with van der Waals surface area (Å²) in [5, 5.41) is 3.44. The van der Waals surface area contributed by atoms with Crippen LogP contribution in [0.1, 0.15) is 43.2 Å². The molecule has 3 fully saturated rings. The third-order valence-corrected chi connectivity index (χ3v) is 9.71. The molecule has 1 unspecified atom stereocenters. The number of rotatable bonds is 7. The molecule has 1 spiro atoms. The number of aromatic nitrogens is 2. The lowest BCUT2D eigenvalue weighted by Gasteiger charge is -2.39. The molecule has 1 aliphatic carbocycles. The zero-order chi connectivity index (χ0) is 28.7. The van der Waals surface area contributed by atoms with Gasteiger partial charge in [0, 0.05) is 74.9 Å². The highest BCUT2D eigenvalue weighted by Gasteiger charge is 2.57. The molecule has 2 saturated heterocycles. The van der Waals surface area contributed by atoms with Crippen LogP contribution in [-0.2, 0) is 17.8 Å². The molecule has 3 aromatic rings. The van der Waals surface area contributed by atoms with Gasteiger partial charge in [0.05, 0.1) is 7.11 Å². The van der Waals surface area contributed by atoms with Crippen LogP contribution in [0, 0.1) is 0 Å². The van der Waals surface area contributed by atoms with Crippen LogP contribution in [0.5, 0.6) is 5.75 Å². The summed E-state index contributed by atoms with van der Waals surface area (Å²) in [6, 6.07) is 16.9. The van der Waals surface area contributed by atoms with Crippen LogP contribution in [0.3, 0.4) is 0 Å². The van der Waals surface area contributed by atoms with Crippen molar-refractivity contribution < 1.29 is 9.53 Å². The van der Waals surface area contributed by atoms with E-state index in [4.69, 9.17) is 14.7 Å². The molecular formula is C33H41N7O2. The predicted octanol–water partition coefficient (Wildman–Crippen LogP) is 4.46. The number of fused-ring (bicyclic) bond motifs is 1. The molecule has 42 heavy (non-hydrogen) atoms. The van der Waals surface area contributed by atoms with Gasteiger partial charge in [-0.3, -0.25) is 4.79 Å². The zero-order valence-electron chi connectivity index (χ0n) is 24.8. The van der Waals surface area contributed by atoms with Crippen molar-refractivity contribution in [2.45, 2.75) is 56.7 Å². The standard InChI is InChI=1S/C33H41N7O2/c1-37-17-19-38(20-18-37)27-11-9-26(10-12-27)35-32-34-22-25-21-33(40(30(25)36-32)28-5-3-4-6-28)15-16-39(31(33)41)23-24-7-13-29(42-2)14-8-24/h7-14,22,28H,3-6,15-21,23H2,1-2H3,(H,34,35,36). The number of likely N-dealkylation sites (N-methyl/N-ethyl adjacent to an activating group) is 1. The summed E-state index contributed by atoms with van der Waals surface area (Å²) in [6.07, 6.45) is 8.04. The van der Waals surface area contributed by atoms with Gasteiger partial charge in [0.25, 0.3) is 0 Å². The Bertz CT molecular complexity index is 1420. The number of hydrogen-bond acceptors (Lipinski definition) is 8. The third-order valence-electron chi connectivity index (χ3n) is 9.71. The maximum absolute atomic E-state index is 14.2. The van der Waals surface area contributed by atoms with Crippen molar-refractivity contribution in [3.05, 3.63) is 65.9 Å². The van der Waals surface area contributed by atoms with E-state index < -0.39 is 5.54 Å². The first-order valence-electron chi connectivity index (χ1n) is 15.4. The van der Waals surface area contributed by atoms with Crippen molar-refractivity contribution in [2.24, 2.45) is 0 Å². The minimum Gasteiger partial charge on any atom is -0.497 e. The molecule has 0 radical (unpaired) electrons. The van der Waals surface area contributed by atoms with Crippen LogP contribution < -0.4 is 19.9 Å². The van der Waals surface area contributed by atoms with Crippen molar-refractivity contribution in [1.29, 1.82) is 0 Å². The molecule has 7 rings (SSSR count). The summed E-state index contributed by atoms with van der Waals surface area (Å²) in [7, 11) is 3.85. The van der Waals surface area contributed by atoms with Gasteiger partial charge in [0.2, 0.25) is 11.9 Å². The van der Waals surface area contributed by atoms with Gasteiger partial charge in [0.1, 0.15) is 17.1 Å². The molecule has 4 aliphatic rings. The molecule has 9 nitrogen and oxygen atoms in total. The maximum Gasteiger partial charge on any atom is 0.249 e. The minimum atomic E-state index is -0.568. The van der Waals surface area contributed by atoms with Crippen LogP contribution in [-0.4, -0.2) is 84.1 Å². The van der Waals surface area contributed by atoms with Gasteiger partial charge < -0.3 is 29.7 Å². The molecular weight excluding hydrogens is 526 g/mol. The number of amides is 1. The highest BCUT2D eigenvalue weighted by Crippen LogP contribution is 2.48. The Kier molecular flexibility index (Phi) is 7.14. The highest BCUT2D eigenvalue weighted by molar-refractivity contribution is 5.94. The van der Waals surface area contributed by atoms with Gasteiger partial charge in [-0.1, -0.05) is 25.0 Å². The summed E-state index contributed by atoms with van der Waals surface area (Å²) in [5.74, 6) is 2.57. The molecule has 1 saturated carbocycles. The van der Waals surface area contributed by atoms with Gasteiger partial charge in [-0.15, -0.1) is 0 Å². The summed E-state index contributed by atoms with van der Waals surface area (Å²) in [6.45, 7) is 5.63. The molecule has 1 N–H and O–H groups in total. The van der Waals surface area contributed by atoms with Crippen LogP contribution in [0.25, 0.3) is 0 Å². The molecule has 4 heterocycles. The number of hydrogen-bond donors (Lipinski definition) is 1. The van der Waals surface area contributed by atoms with Gasteiger partial charge in [-0.2, -0.15) is 4.98 Å². The van der Waals surface area contributed by atoms with E-state index in [1.54, 1.807) is 7.11 Å². The molecule has 9 heteroatoms. The molecule has 2 aromatic carbocycles. The van der Waals surface area contributed by atoms with E-state index in [0.717, 1.165) is 80.4 Å². The van der Waals surface area contributed by atoms with Crippen molar-refractivity contribution in [3.63, 3.8) is 0 Å². The second-order valence-corrected chi connectivity index (χ2v) is 12.3. The quantitative estimate of drug-likeness (QED) is 0.449. The van der Waals surface area contributed by atoms with Gasteiger partial charge >= 0.3 is 0 Å². The number of ether oxygens (including phenoxy) is 1. The monoisotopic (exact) mass is 567 g/mol. The lowest BCUT2D eigenvalue weighted by Crippen LogP contribution is -2.56. The largest absolute Gasteiger partial charge is 0.497 e. The fourth-order valence-electron chi connectivity index (χ4n) is 7.34. The minimum absolute atomic E-state index is 0.220. The smallest absolute Gasteiger partial charge is 0.249 e. The first-order valence-corrected chi connectivity index (χ1v) is 15.4. The summed E-state index contributed by atoms with van der Waals surface area (Å²) in [5.41, 5.74) is 3.85. The number of piperazine rings is 1. The number of likely N-dealkylation sites (tertiary alicyclic amines) is 1. The SMILES string of the molecule is COc1ccc(CN2CCC3(Cc4cnc(Nc5ccc(N6CCN(C)CC6)cc5)nc4N3C3CCCC3)C2=O)cc1. The van der Waals surface area contributed by atoms with E-state index in [0.29, 0.717) is 25.0 Å². The summed E-state index contributed by atoms with van der Waals surface area (Å²) >= 11 is 0. The van der Waals surface area contributed by atoms with Crippen LogP contribution >= 0.6 is 0 Å². The van der Waals surface area contributed by atoms with E-state index >= 15 is 0 Å². The fraction of sp³-hybridized carbons (Fsp3) is 0.485. The molecule has 0 bridgehead atoms. The Morgan fingerprint density at radius 1 is 0.976 bits per heavy atom. The number of benzene rings is 2. The Morgan fingerprint density at radius 2 is 1.71 bits per heavy atom. The number of nitrogens with zero attached hydrogens (tertiary/aromatic N) is 6. The highest BCUT2D eigenvalue weighted by atomic mass is 16.5. The molecule has 1 atom stereocenters. The fourth-order valence-corrected chi connectivity index (χ4v) is 7.34. The van der Waals surface area contributed by atoms with E-state index in [1.165, 1.54) is 18.5 Å². The number of methoxy groups -OCH3 is 1. The van der Waals surface area contributed by atoms with Gasteiger partial charge in [-0.25, -0.2) is 4.98 Å². The van der Waals surface area contributed by atoms with E-state index in [-0.39, 0.29) is 5.91 Å². The van der Waals surface area contributed by atoms with Crippen LogP contribution in [0.4, 0.5) is 23.1 Å². The van der Waals surface area contributed by atoms with Crippen molar-refractivity contribution in [3.8, 4) is 5.75 Å². The van der Waals surface area contributed by atoms with E-state index in [2.05, 4.69) is 63.5 Å². The number of anilines is 4. The lowest BCUT2D eigenvalue weighted by atomic mass is 9.91. The van der Waals surface area contributed by atoms with Crippen LogP contribution in [0.2, 0.25) is 0 Å². The summed E-state index contributed by atoms with van der Waals surface area (Å²) < 4.78 is 5.32. The zero-order valence-corrected chi connectivity index (χ0v) is 24.8. The number of carbonyl (C=O) groups is 1. The topological polar surface area (TPSA) is 77.1 Å². The van der Waals surface area contributed by atoms with Gasteiger partial charge in [0.15, 0.2) is 0 Å². The molecule has 220 valence electrons. The molecule has 3 aliphatic heterocycles. The van der Waals surface area contributed by atoms with E-state index in [9.17, 15) is 4.79 Å². The summed E-state index contributed by atoms with van der Waals surface area (Å²) in [4.78, 5) is 33.3. The average Bonchev–Trinajstić information content (AvgIpc) is 3.73. The Hall–Kier alpha value is -3.85. The second kappa shape index (κ2) is 11.1. The molecule has 1 amide bonds. The number of carbonyl (C=O) groups excluding carboxylic acids is 1. The average molecular weight is 568 g/mol. The predicted molar refractivity (Wildman–Crippen MR) is 166 cm³/mol.